The van der Waals surface area contributed by atoms with E-state index in [1.165, 1.54) is 0 Å². The number of ether oxygens (including phenoxy) is 1. The van der Waals surface area contributed by atoms with Crippen LogP contribution < -0.4 is 10.1 Å². The molecule has 3 rings (SSSR count). The van der Waals surface area contributed by atoms with Crippen LogP contribution in [-0.2, 0) is 11.4 Å². The molecule has 1 heterocycles. The lowest BCUT2D eigenvalue weighted by Gasteiger charge is -2.07. The lowest BCUT2D eigenvalue weighted by molar-refractivity contribution is -0.115. The molecule has 0 saturated carbocycles. The average molecular weight is 310 g/mol. The second-order valence-electron chi connectivity index (χ2n) is 4.74. The van der Waals surface area contributed by atoms with Crippen molar-refractivity contribution in [3.05, 3.63) is 70.6 Å². The van der Waals surface area contributed by atoms with E-state index in [-0.39, 0.29) is 11.1 Å². The molecule has 1 amide bonds. The van der Waals surface area contributed by atoms with Crippen LogP contribution in [0.1, 0.15) is 11.1 Å². The van der Waals surface area contributed by atoms with Gasteiger partial charge in [-0.05, 0) is 41.1 Å². The molecule has 2 aromatic carbocycles. The summed E-state index contributed by atoms with van der Waals surface area (Å²) >= 11 is 1.13. The van der Waals surface area contributed by atoms with Crippen molar-refractivity contribution in [3.8, 4) is 5.75 Å². The second-order valence-corrected chi connectivity index (χ2v) is 5.79. The van der Waals surface area contributed by atoms with Crippen LogP contribution in [0.3, 0.4) is 0 Å². The fourth-order valence-electron chi connectivity index (χ4n) is 2.03. The number of rotatable bonds is 4. The molecule has 0 aromatic heterocycles. The summed E-state index contributed by atoms with van der Waals surface area (Å²) in [4.78, 5) is 12.1. The Kier molecular flexibility index (Phi) is 4.25. The maximum atomic E-state index is 11.6. The maximum Gasteiger partial charge on any atom is 0.264 e. The first-order valence-corrected chi connectivity index (χ1v) is 7.58. The van der Waals surface area contributed by atoms with Gasteiger partial charge in [-0.15, -0.1) is 0 Å². The fourth-order valence-corrected chi connectivity index (χ4v) is 2.73. The SMILES string of the molecule is N=C1NC(=O)/C(=C/c2cccc(OCc3ccccc3)c2)S1. The number of hydrogen-bond acceptors (Lipinski definition) is 4. The highest BCUT2D eigenvalue weighted by Crippen LogP contribution is 2.26. The number of amides is 1. The number of amidine groups is 1. The van der Waals surface area contributed by atoms with Crippen LogP contribution in [0.15, 0.2) is 59.5 Å². The minimum absolute atomic E-state index is 0.160. The maximum absolute atomic E-state index is 11.6. The van der Waals surface area contributed by atoms with Gasteiger partial charge < -0.3 is 10.1 Å². The van der Waals surface area contributed by atoms with Gasteiger partial charge in [0.15, 0.2) is 5.17 Å². The smallest absolute Gasteiger partial charge is 0.264 e. The fraction of sp³-hybridized carbons (Fsp3) is 0.0588. The molecule has 0 radical (unpaired) electrons. The monoisotopic (exact) mass is 310 g/mol. The summed E-state index contributed by atoms with van der Waals surface area (Å²) in [5.41, 5.74) is 1.98. The summed E-state index contributed by atoms with van der Waals surface area (Å²) in [6.45, 7) is 0.501. The van der Waals surface area contributed by atoms with Gasteiger partial charge in [0.2, 0.25) is 0 Å². The van der Waals surface area contributed by atoms with E-state index in [0.29, 0.717) is 11.5 Å². The summed E-state index contributed by atoms with van der Waals surface area (Å²) < 4.78 is 5.77. The summed E-state index contributed by atoms with van der Waals surface area (Å²) in [7, 11) is 0. The van der Waals surface area contributed by atoms with E-state index in [4.69, 9.17) is 10.1 Å². The molecule has 0 aliphatic carbocycles. The minimum atomic E-state index is -0.231. The van der Waals surface area contributed by atoms with Gasteiger partial charge in [0.25, 0.3) is 5.91 Å². The zero-order valence-corrected chi connectivity index (χ0v) is 12.5. The Bertz CT molecular complexity index is 741. The van der Waals surface area contributed by atoms with Gasteiger partial charge in [-0.2, -0.15) is 0 Å². The lowest BCUT2D eigenvalue weighted by atomic mass is 10.2. The second kappa shape index (κ2) is 6.49. The van der Waals surface area contributed by atoms with Crippen molar-refractivity contribution in [2.45, 2.75) is 6.61 Å². The van der Waals surface area contributed by atoms with Crippen LogP contribution in [0.25, 0.3) is 6.08 Å². The summed E-state index contributed by atoms with van der Waals surface area (Å²) in [6.07, 6.45) is 1.76. The molecule has 0 bridgehead atoms. The third-order valence-electron chi connectivity index (χ3n) is 3.07. The standard InChI is InChI=1S/C17H14N2O2S/c18-17-19-16(20)15(22-17)10-13-7-4-8-14(9-13)21-11-12-5-2-1-3-6-12/h1-10H,11H2,(H2,18,19,20)/b15-10-. The number of hydrogen-bond donors (Lipinski definition) is 2. The van der Waals surface area contributed by atoms with Crippen molar-refractivity contribution in [2.75, 3.05) is 0 Å². The molecule has 0 spiro atoms. The van der Waals surface area contributed by atoms with Crippen molar-refractivity contribution in [1.82, 2.24) is 5.32 Å². The van der Waals surface area contributed by atoms with Gasteiger partial charge >= 0.3 is 0 Å². The molecule has 110 valence electrons. The highest BCUT2D eigenvalue weighted by atomic mass is 32.2. The van der Waals surface area contributed by atoms with Crippen molar-refractivity contribution < 1.29 is 9.53 Å². The Morgan fingerprint density at radius 1 is 1.14 bits per heavy atom. The molecule has 1 aliphatic heterocycles. The van der Waals surface area contributed by atoms with Crippen molar-refractivity contribution >= 4 is 28.9 Å². The number of carbonyl (C=O) groups excluding carboxylic acids is 1. The first-order valence-electron chi connectivity index (χ1n) is 6.77. The first-order chi connectivity index (χ1) is 10.7. The molecular formula is C17H14N2O2S. The highest BCUT2D eigenvalue weighted by Gasteiger charge is 2.22. The van der Waals surface area contributed by atoms with Crippen LogP contribution in [0, 0.1) is 5.41 Å². The molecule has 5 heteroatoms. The molecule has 1 fully saturated rings. The van der Waals surface area contributed by atoms with Crippen molar-refractivity contribution in [1.29, 1.82) is 5.41 Å². The van der Waals surface area contributed by atoms with E-state index in [1.54, 1.807) is 6.08 Å². The summed E-state index contributed by atoms with van der Waals surface area (Å²) in [6, 6.07) is 17.5. The van der Waals surface area contributed by atoms with E-state index < -0.39 is 0 Å². The molecular weight excluding hydrogens is 296 g/mol. The molecule has 1 saturated heterocycles. The van der Waals surface area contributed by atoms with Gasteiger partial charge in [0.05, 0.1) is 4.91 Å². The number of benzene rings is 2. The molecule has 2 N–H and O–H groups in total. The predicted molar refractivity (Wildman–Crippen MR) is 88.7 cm³/mol. The Morgan fingerprint density at radius 2 is 1.95 bits per heavy atom. The van der Waals surface area contributed by atoms with E-state index in [9.17, 15) is 4.79 Å². The van der Waals surface area contributed by atoms with Gasteiger partial charge in [-0.3, -0.25) is 10.2 Å². The third-order valence-corrected chi connectivity index (χ3v) is 3.90. The Hall–Kier alpha value is -2.53. The van der Waals surface area contributed by atoms with E-state index >= 15 is 0 Å². The van der Waals surface area contributed by atoms with E-state index in [0.717, 1.165) is 28.6 Å². The predicted octanol–water partition coefficient (Wildman–Crippen LogP) is 3.40. The van der Waals surface area contributed by atoms with Gasteiger partial charge in [0.1, 0.15) is 12.4 Å². The average Bonchev–Trinajstić information content (AvgIpc) is 2.84. The molecule has 4 nitrogen and oxygen atoms in total. The molecule has 1 aliphatic rings. The van der Waals surface area contributed by atoms with Gasteiger partial charge in [0, 0.05) is 0 Å². The summed E-state index contributed by atoms with van der Waals surface area (Å²) in [5.74, 6) is 0.516. The quantitative estimate of drug-likeness (QED) is 0.851. The normalized spacial score (nSPS) is 15.9. The van der Waals surface area contributed by atoms with E-state index in [2.05, 4.69) is 5.32 Å². The molecule has 22 heavy (non-hydrogen) atoms. The van der Waals surface area contributed by atoms with Gasteiger partial charge in [-0.1, -0.05) is 42.5 Å². The zero-order valence-electron chi connectivity index (χ0n) is 11.7. The van der Waals surface area contributed by atoms with Crippen LogP contribution in [0.2, 0.25) is 0 Å². The first kappa shape index (κ1) is 14.4. The van der Waals surface area contributed by atoms with Crippen LogP contribution >= 0.6 is 11.8 Å². The van der Waals surface area contributed by atoms with E-state index in [1.807, 2.05) is 54.6 Å². The molecule has 0 atom stereocenters. The van der Waals surface area contributed by atoms with Crippen LogP contribution in [0.4, 0.5) is 0 Å². The Labute approximate surface area is 132 Å². The van der Waals surface area contributed by atoms with Gasteiger partial charge in [-0.25, -0.2) is 0 Å². The molecule has 2 aromatic rings. The Morgan fingerprint density at radius 3 is 2.68 bits per heavy atom. The number of carbonyl (C=O) groups is 1. The van der Waals surface area contributed by atoms with Crippen LogP contribution in [-0.4, -0.2) is 11.1 Å². The summed E-state index contributed by atoms with van der Waals surface area (Å²) in [5, 5.41) is 10.1. The number of thioether (sulfide) groups is 1. The highest BCUT2D eigenvalue weighted by molar-refractivity contribution is 8.18. The van der Waals surface area contributed by atoms with Crippen molar-refractivity contribution in [3.63, 3.8) is 0 Å². The molecule has 0 unspecified atom stereocenters. The largest absolute Gasteiger partial charge is 0.489 e. The third kappa shape index (κ3) is 3.56. The number of nitrogens with one attached hydrogen (secondary N) is 2. The topological polar surface area (TPSA) is 62.2 Å². The van der Waals surface area contributed by atoms with Crippen LogP contribution in [0.5, 0.6) is 5.75 Å². The lowest BCUT2D eigenvalue weighted by Crippen LogP contribution is -2.18. The minimum Gasteiger partial charge on any atom is -0.489 e. The van der Waals surface area contributed by atoms with Crippen molar-refractivity contribution in [2.24, 2.45) is 0 Å². The zero-order chi connectivity index (χ0) is 15.4. The Balaban J connectivity index is 1.71.